The van der Waals surface area contributed by atoms with E-state index in [-0.39, 0.29) is 17.7 Å². The first-order valence-electron chi connectivity index (χ1n) is 13.9. The number of carboxylic acid groups (broad SMARTS) is 1. The van der Waals surface area contributed by atoms with E-state index in [2.05, 4.69) is 23.3 Å². The topological polar surface area (TPSA) is 83.0 Å². The maximum Gasteiger partial charge on any atom is 0.310 e. The van der Waals surface area contributed by atoms with Gasteiger partial charge in [-0.2, -0.15) is 0 Å². The van der Waals surface area contributed by atoms with Gasteiger partial charge in [0.05, 0.1) is 11.1 Å². The van der Waals surface area contributed by atoms with Gasteiger partial charge in [0.1, 0.15) is 12.4 Å². The molecule has 202 valence electrons. The van der Waals surface area contributed by atoms with E-state index in [0.29, 0.717) is 12.5 Å². The predicted octanol–water partition coefficient (Wildman–Crippen LogP) is 5.40. The largest absolute Gasteiger partial charge is 0.488 e. The minimum Gasteiger partial charge on any atom is -0.488 e. The zero-order chi connectivity index (χ0) is 26.9. The van der Waals surface area contributed by atoms with Gasteiger partial charge in [0.25, 0.3) is 5.91 Å². The van der Waals surface area contributed by atoms with Gasteiger partial charge in [-0.1, -0.05) is 17.7 Å². The number of rotatable bonds is 7. The highest BCUT2D eigenvalue weighted by Gasteiger charge is 2.92. The zero-order valence-corrected chi connectivity index (χ0v) is 23.2. The van der Waals surface area contributed by atoms with Crippen molar-refractivity contribution in [3.05, 3.63) is 64.0 Å². The summed E-state index contributed by atoms with van der Waals surface area (Å²) >= 11 is 1.61. The molecular formula is C31H33N3O4S. The second-order valence-electron chi connectivity index (χ2n) is 11.7. The van der Waals surface area contributed by atoms with Gasteiger partial charge >= 0.3 is 5.97 Å². The van der Waals surface area contributed by atoms with Crippen molar-refractivity contribution in [3.63, 3.8) is 0 Å². The van der Waals surface area contributed by atoms with Crippen molar-refractivity contribution in [1.29, 1.82) is 0 Å². The molecule has 3 saturated heterocycles. The zero-order valence-electron chi connectivity index (χ0n) is 22.4. The van der Waals surface area contributed by atoms with Crippen molar-refractivity contribution >= 4 is 28.3 Å². The number of hydrogen-bond donors (Lipinski definition) is 1. The van der Waals surface area contributed by atoms with Crippen LogP contribution in [-0.2, 0) is 11.4 Å². The van der Waals surface area contributed by atoms with Crippen LogP contribution in [0.2, 0.25) is 0 Å². The average Bonchev–Trinajstić information content (AvgIpc) is 3.76. The Bertz CT molecular complexity index is 1460. The third-order valence-electron chi connectivity index (χ3n) is 9.42. The molecule has 0 spiro atoms. The average molecular weight is 544 g/mol. The number of aliphatic carboxylic acids is 1. The fourth-order valence-electron chi connectivity index (χ4n) is 7.08. The van der Waals surface area contributed by atoms with Crippen LogP contribution in [-0.4, -0.2) is 53.0 Å². The van der Waals surface area contributed by atoms with Crippen LogP contribution in [0.3, 0.4) is 0 Å². The van der Waals surface area contributed by atoms with Gasteiger partial charge in [-0.15, -0.1) is 11.3 Å². The Labute approximate surface area is 232 Å². The minimum atomic E-state index is -0.609. The molecule has 4 atom stereocenters. The van der Waals surface area contributed by atoms with Crippen molar-refractivity contribution in [2.75, 3.05) is 31.1 Å². The molecule has 2 saturated carbocycles. The number of anilines is 1. The number of nitrogens with zero attached hydrogens (tertiary/aromatic N) is 3. The lowest BCUT2D eigenvalue weighted by Gasteiger charge is -2.34. The number of hydrogen-bond acceptors (Lipinski definition) is 6. The van der Waals surface area contributed by atoms with E-state index in [9.17, 15) is 14.7 Å². The van der Waals surface area contributed by atoms with Gasteiger partial charge in [-0.25, -0.2) is 4.98 Å². The first-order chi connectivity index (χ1) is 18.9. The van der Waals surface area contributed by atoms with Gasteiger partial charge in [0, 0.05) is 42.7 Å². The monoisotopic (exact) mass is 543 g/mol. The molecule has 8 rings (SSSR count). The van der Waals surface area contributed by atoms with E-state index >= 15 is 0 Å². The summed E-state index contributed by atoms with van der Waals surface area (Å²) in [6.45, 7) is 7.77. The molecule has 2 aliphatic carbocycles. The molecule has 1 amide bonds. The summed E-state index contributed by atoms with van der Waals surface area (Å²) in [5, 5.41) is 12.6. The van der Waals surface area contributed by atoms with Gasteiger partial charge < -0.3 is 19.6 Å². The lowest BCUT2D eigenvalue weighted by molar-refractivity contribution is -0.142. The van der Waals surface area contributed by atoms with E-state index in [4.69, 9.17) is 9.72 Å². The van der Waals surface area contributed by atoms with Crippen LogP contribution in [0.5, 0.6) is 5.75 Å². The molecule has 5 aliphatic rings. The molecule has 3 aromatic rings. The fraction of sp³-hybridized carbons (Fsp3) is 0.452. The summed E-state index contributed by atoms with van der Waals surface area (Å²) in [5.41, 5.74) is 5.41. The number of piperidine rings is 3. The number of thiazole rings is 1. The Morgan fingerprint density at radius 2 is 1.85 bits per heavy atom. The van der Waals surface area contributed by atoms with E-state index in [1.165, 1.54) is 6.42 Å². The lowest BCUT2D eigenvalue weighted by Crippen LogP contribution is -2.42. The smallest absolute Gasteiger partial charge is 0.310 e. The Morgan fingerprint density at radius 1 is 1.08 bits per heavy atom. The maximum atomic E-state index is 12.9. The molecule has 3 aliphatic heterocycles. The second kappa shape index (κ2) is 9.08. The number of ether oxygens (including phenoxy) is 1. The van der Waals surface area contributed by atoms with Crippen LogP contribution in [0.1, 0.15) is 46.3 Å². The van der Waals surface area contributed by atoms with E-state index < -0.39 is 11.4 Å². The van der Waals surface area contributed by atoms with Gasteiger partial charge in [-0.05, 0) is 86.3 Å². The number of benzene rings is 2. The van der Waals surface area contributed by atoms with Gasteiger partial charge in [0.15, 0.2) is 5.13 Å². The van der Waals surface area contributed by atoms with E-state index in [1.54, 1.807) is 11.3 Å². The first-order valence-corrected chi connectivity index (χ1v) is 14.8. The molecule has 1 aromatic heterocycles. The standard InChI is InChI=1S/C31H33N3O4S/c1-18-6-9-26(38-16-21-8-7-20(13-19(21)2)28(35)33-10-4-3-5-11-33)22(12-18)25-17-39-30(32-25)34-14-23-27-24(15-34)31(23,27)29(36)37/h6-9,12-13,17,23-24,27H,3-5,10-11,14-16H2,1-2H3,(H,36,37)/t23-,24+,27?,31+. The minimum absolute atomic E-state index is 0.121. The number of amides is 1. The third-order valence-corrected chi connectivity index (χ3v) is 10.3. The molecule has 0 radical (unpaired) electrons. The van der Waals surface area contributed by atoms with Crippen molar-refractivity contribution in [1.82, 2.24) is 9.88 Å². The Balaban J connectivity index is 1.05. The molecule has 1 unspecified atom stereocenters. The summed E-state index contributed by atoms with van der Waals surface area (Å²) in [4.78, 5) is 33.8. The maximum absolute atomic E-state index is 12.9. The molecule has 4 heterocycles. The number of fused-ring (bicyclic) bond motifs is 2. The van der Waals surface area contributed by atoms with E-state index in [0.717, 1.165) is 83.4 Å². The summed E-state index contributed by atoms with van der Waals surface area (Å²) in [5.74, 6) is 1.24. The normalized spacial score (nSPS) is 26.7. The summed E-state index contributed by atoms with van der Waals surface area (Å²) in [6, 6.07) is 12.1. The van der Waals surface area contributed by atoms with Crippen molar-refractivity contribution in [2.45, 2.75) is 39.7 Å². The van der Waals surface area contributed by atoms with Crippen LogP contribution in [0.15, 0.2) is 41.8 Å². The first kappa shape index (κ1) is 24.6. The predicted molar refractivity (Wildman–Crippen MR) is 150 cm³/mol. The molecule has 2 bridgehead atoms. The number of likely N-dealkylation sites (tertiary alicyclic amines) is 1. The third kappa shape index (κ3) is 3.94. The number of carbonyl (C=O) groups excluding carboxylic acids is 1. The molecular weight excluding hydrogens is 510 g/mol. The van der Waals surface area contributed by atoms with Crippen LogP contribution in [0.25, 0.3) is 11.3 Å². The van der Waals surface area contributed by atoms with Gasteiger partial charge in [-0.3, -0.25) is 9.59 Å². The van der Waals surface area contributed by atoms with Crippen LogP contribution < -0.4 is 9.64 Å². The van der Waals surface area contributed by atoms with Gasteiger partial charge in [0.2, 0.25) is 0 Å². The number of carboxylic acids is 1. The molecule has 5 fully saturated rings. The Morgan fingerprint density at radius 3 is 2.54 bits per heavy atom. The molecule has 39 heavy (non-hydrogen) atoms. The van der Waals surface area contributed by atoms with Crippen molar-refractivity contribution < 1.29 is 19.4 Å². The van der Waals surface area contributed by atoms with Crippen LogP contribution >= 0.6 is 11.3 Å². The molecule has 1 N–H and O–H groups in total. The summed E-state index contributed by atoms with van der Waals surface area (Å²) in [6.07, 6.45) is 3.37. The molecule has 7 nitrogen and oxygen atoms in total. The Hall–Kier alpha value is -3.39. The fourth-order valence-corrected chi connectivity index (χ4v) is 7.93. The summed E-state index contributed by atoms with van der Waals surface area (Å²) < 4.78 is 6.34. The number of aryl methyl sites for hydroxylation is 2. The molecule has 8 heteroatoms. The summed E-state index contributed by atoms with van der Waals surface area (Å²) in [7, 11) is 0. The second-order valence-corrected chi connectivity index (χ2v) is 12.5. The Kier molecular flexibility index (Phi) is 5.74. The highest BCUT2D eigenvalue weighted by molar-refractivity contribution is 7.14. The van der Waals surface area contributed by atoms with E-state index in [1.807, 2.05) is 42.2 Å². The van der Waals surface area contributed by atoms with Crippen molar-refractivity contribution in [2.24, 2.45) is 23.2 Å². The number of carbonyl (C=O) groups is 2. The van der Waals surface area contributed by atoms with Crippen molar-refractivity contribution in [3.8, 4) is 17.0 Å². The quantitative estimate of drug-likeness (QED) is 0.430. The lowest BCUT2D eigenvalue weighted by atomic mass is 9.91. The SMILES string of the molecule is Cc1ccc(OCc2ccc(C(=O)N3CCCCC3)cc2C)c(-c2csc(N3C[C@@H]4C5[C@H](C3)[C@]54C(=O)O)n2)c1. The van der Waals surface area contributed by atoms with Crippen LogP contribution in [0, 0.1) is 37.0 Å². The molecule has 2 aromatic carbocycles. The highest BCUT2D eigenvalue weighted by Crippen LogP contribution is 2.86. The number of aromatic nitrogens is 1. The van der Waals surface area contributed by atoms with Crippen LogP contribution in [0.4, 0.5) is 5.13 Å². The highest BCUT2D eigenvalue weighted by atomic mass is 32.1.